The minimum Gasteiger partial charge on any atom is -0.490 e. The fraction of sp³-hybridized carbons (Fsp3) is 0.611. The number of carbonyl (C=O) groups is 1. The molecular weight excluding hydrogens is 345 g/mol. The van der Waals surface area contributed by atoms with Gasteiger partial charge >= 0.3 is 0 Å². The number of amides is 1. The average Bonchev–Trinajstić information content (AvgIpc) is 2.61. The number of sulfone groups is 1. The maximum Gasteiger partial charge on any atom is 0.225 e. The highest BCUT2D eigenvalue weighted by Gasteiger charge is 2.33. The third kappa shape index (κ3) is 4.71. The van der Waals surface area contributed by atoms with Gasteiger partial charge in [0.25, 0.3) is 0 Å². The first kappa shape index (κ1) is 18.2. The van der Waals surface area contributed by atoms with Crippen LogP contribution in [0.2, 0.25) is 0 Å². The van der Waals surface area contributed by atoms with Gasteiger partial charge in [-0.2, -0.15) is 0 Å². The van der Waals surface area contributed by atoms with E-state index in [2.05, 4.69) is 0 Å². The van der Waals surface area contributed by atoms with Crippen molar-refractivity contribution in [3.8, 4) is 5.75 Å². The summed E-state index contributed by atoms with van der Waals surface area (Å²) < 4.78 is 42.2. The number of nitrogens with zero attached hydrogens (tertiary/aromatic N) is 1. The fourth-order valence-electron chi connectivity index (χ4n) is 3.57. The molecule has 2 saturated heterocycles. The molecule has 5 nitrogen and oxygen atoms in total. The first-order chi connectivity index (χ1) is 11.9. The molecule has 0 spiro atoms. The number of ether oxygens (including phenoxy) is 1. The van der Waals surface area contributed by atoms with E-state index in [1.54, 1.807) is 18.2 Å². The molecule has 1 aromatic carbocycles. The number of para-hydroxylation sites is 1. The summed E-state index contributed by atoms with van der Waals surface area (Å²) in [6.45, 7) is 1.68. The molecule has 2 heterocycles. The van der Waals surface area contributed by atoms with Crippen molar-refractivity contribution in [3.05, 3.63) is 30.1 Å². The van der Waals surface area contributed by atoms with Gasteiger partial charge in [-0.3, -0.25) is 4.79 Å². The lowest BCUT2D eigenvalue weighted by Gasteiger charge is -2.35. The maximum atomic E-state index is 13.6. The Morgan fingerprint density at radius 2 is 1.92 bits per heavy atom. The van der Waals surface area contributed by atoms with Gasteiger partial charge in [0.05, 0.1) is 18.1 Å². The average molecular weight is 369 g/mol. The van der Waals surface area contributed by atoms with Crippen LogP contribution in [0.1, 0.15) is 25.7 Å². The van der Waals surface area contributed by atoms with Gasteiger partial charge in [-0.15, -0.1) is 0 Å². The zero-order valence-corrected chi connectivity index (χ0v) is 15.0. The predicted molar refractivity (Wildman–Crippen MR) is 92.6 cm³/mol. The lowest BCUT2D eigenvalue weighted by Crippen LogP contribution is -2.45. The van der Waals surface area contributed by atoms with E-state index in [1.165, 1.54) is 6.07 Å². The smallest absolute Gasteiger partial charge is 0.225 e. The molecule has 2 fully saturated rings. The van der Waals surface area contributed by atoms with Crippen molar-refractivity contribution in [2.75, 3.05) is 31.2 Å². The summed E-state index contributed by atoms with van der Waals surface area (Å²) >= 11 is 0. The van der Waals surface area contributed by atoms with Crippen LogP contribution in [0.3, 0.4) is 0 Å². The van der Waals surface area contributed by atoms with Crippen molar-refractivity contribution in [1.29, 1.82) is 0 Å². The quantitative estimate of drug-likeness (QED) is 0.817. The number of rotatable bonds is 4. The fourth-order valence-corrected chi connectivity index (χ4v) is 5.06. The highest BCUT2D eigenvalue weighted by molar-refractivity contribution is 7.91. The molecule has 7 heteroatoms. The number of likely N-dealkylation sites (tertiary alicyclic amines) is 1. The zero-order valence-electron chi connectivity index (χ0n) is 14.2. The minimum absolute atomic E-state index is 0.0606. The van der Waals surface area contributed by atoms with E-state index in [0.717, 1.165) is 12.8 Å². The molecule has 0 aromatic heterocycles. The van der Waals surface area contributed by atoms with Crippen LogP contribution in [-0.2, 0) is 14.6 Å². The van der Waals surface area contributed by atoms with Gasteiger partial charge in [-0.1, -0.05) is 12.1 Å². The van der Waals surface area contributed by atoms with Crippen LogP contribution >= 0.6 is 0 Å². The Hall–Kier alpha value is -1.63. The first-order valence-corrected chi connectivity index (χ1v) is 10.6. The van der Waals surface area contributed by atoms with E-state index in [9.17, 15) is 17.6 Å². The van der Waals surface area contributed by atoms with E-state index in [1.807, 2.05) is 4.90 Å². The second-order valence-corrected chi connectivity index (χ2v) is 9.26. The third-order valence-corrected chi connectivity index (χ3v) is 6.76. The topological polar surface area (TPSA) is 63.7 Å². The second-order valence-electron chi connectivity index (χ2n) is 6.96. The second kappa shape index (κ2) is 7.72. The molecule has 0 bridgehead atoms. The Labute approximate surface area is 148 Å². The Morgan fingerprint density at radius 3 is 2.64 bits per heavy atom. The van der Waals surface area contributed by atoms with E-state index in [0.29, 0.717) is 32.5 Å². The molecule has 25 heavy (non-hydrogen) atoms. The number of hydrogen-bond donors (Lipinski definition) is 0. The summed E-state index contributed by atoms with van der Waals surface area (Å²) in [6.07, 6.45) is 2.68. The lowest BCUT2D eigenvalue weighted by atomic mass is 9.95. The molecule has 1 atom stereocenters. The molecular formula is C18H24FNO4S. The molecule has 0 aliphatic carbocycles. The number of piperidine rings is 1. The SMILES string of the molecule is O=C(C1CCS(=O)(=O)CC1)N1CCC[C@@H](COc2ccccc2F)C1. The van der Waals surface area contributed by atoms with Gasteiger partial charge < -0.3 is 9.64 Å². The lowest BCUT2D eigenvalue weighted by molar-refractivity contribution is -0.137. The first-order valence-electron chi connectivity index (χ1n) is 8.81. The van der Waals surface area contributed by atoms with Crippen LogP contribution in [-0.4, -0.2) is 50.4 Å². The van der Waals surface area contributed by atoms with Crippen molar-refractivity contribution in [1.82, 2.24) is 4.90 Å². The summed E-state index contributed by atoms with van der Waals surface area (Å²) in [5.41, 5.74) is 0. The number of benzene rings is 1. The summed E-state index contributed by atoms with van der Waals surface area (Å²) in [5, 5.41) is 0. The van der Waals surface area contributed by atoms with Gasteiger partial charge in [-0.05, 0) is 37.8 Å². The Bertz CT molecular complexity index is 708. The van der Waals surface area contributed by atoms with Gasteiger partial charge in [0.1, 0.15) is 9.84 Å². The summed E-state index contributed by atoms with van der Waals surface area (Å²) in [4.78, 5) is 14.5. The van der Waals surface area contributed by atoms with Crippen LogP contribution in [0.4, 0.5) is 4.39 Å². The van der Waals surface area contributed by atoms with Crippen molar-refractivity contribution in [2.24, 2.45) is 11.8 Å². The summed E-state index contributed by atoms with van der Waals surface area (Å²) in [7, 11) is -2.96. The highest BCUT2D eigenvalue weighted by Crippen LogP contribution is 2.25. The van der Waals surface area contributed by atoms with Gasteiger partial charge in [0.15, 0.2) is 11.6 Å². The number of carbonyl (C=O) groups excluding carboxylic acids is 1. The molecule has 0 radical (unpaired) electrons. The van der Waals surface area contributed by atoms with Crippen LogP contribution in [0.25, 0.3) is 0 Å². The van der Waals surface area contributed by atoms with Crippen molar-refractivity contribution in [2.45, 2.75) is 25.7 Å². The zero-order chi connectivity index (χ0) is 17.9. The molecule has 0 N–H and O–H groups in total. The molecule has 138 valence electrons. The molecule has 3 rings (SSSR count). The largest absolute Gasteiger partial charge is 0.490 e. The minimum atomic E-state index is -2.96. The normalized spacial score (nSPS) is 24.0. The molecule has 2 aliphatic rings. The van der Waals surface area contributed by atoms with E-state index in [4.69, 9.17) is 4.74 Å². The summed E-state index contributed by atoms with van der Waals surface area (Å²) in [6, 6.07) is 6.31. The number of hydrogen-bond acceptors (Lipinski definition) is 4. The van der Waals surface area contributed by atoms with Crippen LogP contribution < -0.4 is 4.74 Å². The van der Waals surface area contributed by atoms with Crippen molar-refractivity contribution in [3.63, 3.8) is 0 Å². The predicted octanol–water partition coefficient (Wildman–Crippen LogP) is 2.27. The van der Waals surface area contributed by atoms with Crippen LogP contribution in [0.5, 0.6) is 5.75 Å². The van der Waals surface area contributed by atoms with Gasteiger partial charge in [0.2, 0.25) is 5.91 Å². The van der Waals surface area contributed by atoms with E-state index < -0.39 is 9.84 Å². The van der Waals surface area contributed by atoms with Crippen molar-refractivity contribution >= 4 is 15.7 Å². The third-order valence-electron chi connectivity index (χ3n) is 5.05. The monoisotopic (exact) mass is 369 g/mol. The van der Waals surface area contributed by atoms with Gasteiger partial charge in [-0.25, -0.2) is 12.8 Å². The Kier molecular flexibility index (Phi) is 5.61. The van der Waals surface area contributed by atoms with Crippen molar-refractivity contribution < 1.29 is 22.3 Å². The highest BCUT2D eigenvalue weighted by atomic mass is 32.2. The van der Waals surface area contributed by atoms with Crippen LogP contribution in [0.15, 0.2) is 24.3 Å². The molecule has 0 saturated carbocycles. The van der Waals surface area contributed by atoms with Gasteiger partial charge in [0, 0.05) is 24.9 Å². The maximum absolute atomic E-state index is 13.6. The molecule has 1 amide bonds. The standard InChI is InChI=1S/C18H24FNO4S/c19-16-5-1-2-6-17(16)24-13-14-4-3-9-20(12-14)18(21)15-7-10-25(22,23)11-8-15/h1-2,5-6,14-15H,3-4,7-13H2/t14-/m1/s1. The molecule has 0 unspecified atom stereocenters. The molecule has 2 aliphatic heterocycles. The van der Waals surface area contributed by atoms with E-state index >= 15 is 0 Å². The Morgan fingerprint density at radius 1 is 1.20 bits per heavy atom. The van der Waals surface area contributed by atoms with E-state index in [-0.39, 0.29) is 40.8 Å². The van der Waals surface area contributed by atoms with Crippen LogP contribution in [0, 0.1) is 17.7 Å². The molecule has 1 aromatic rings. The summed E-state index contributed by atoms with van der Waals surface area (Å²) in [5.74, 6) is 0.122. The Balaban J connectivity index is 1.52. The number of halogens is 1.